The molecule has 0 aliphatic heterocycles. The van der Waals surface area contributed by atoms with Gasteiger partial charge in [0, 0.05) is 37.4 Å². The van der Waals surface area contributed by atoms with Crippen molar-refractivity contribution in [3.05, 3.63) is 54.1 Å². The fourth-order valence-electron chi connectivity index (χ4n) is 3.31. The average molecular weight is 481 g/mol. The monoisotopic (exact) mass is 481 g/mol. The summed E-state index contributed by atoms with van der Waals surface area (Å²) in [6.07, 6.45) is 8.65. The molecule has 1 aliphatic carbocycles. The molecule has 27 heavy (non-hydrogen) atoms. The first-order valence-electron chi connectivity index (χ1n) is 9.79. The minimum Gasteiger partial charge on any atom is -0.357 e. The molecule has 6 heteroatoms. The predicted molar refractivity (Wildman–Crippen MR) is 123 cm³/mol. The summed E-state index contributed by atoms with van der Waals surface area (Å²) in [6, 6.07) is 10.8. The molecule has 0 radical (unpaired) electrons. The molecule has 1 saturated carbocycles. The first-order valence-corrected chi connectivity index (χ1v) is 9.79. The summed E-state index contributed by atoms with van der Waals surface area (Å²) >= 11 is 0. The van der Waals surface area contributed by atoms with Crippen LogP contribution in [0, 0.1) is 6.92 Å². The van der Waals surface area contributed by atoms with Crippen molar-refractivity contribution in [3.8, 4) is 0 Å². The summed E-state index contributed by atoms with van der Waals surface area (Å²) in [5, 5.41) is 6.85. The molecule has 0 atom stereocenters. The van der Waals surface area contributed by atoms with Crippen LogP contribution in [0.5, 0.6) is 0 Å². The highest BCUT2D eigenvalue weighted by molar-refractivity contribution is 14.0. The maximum absolute atomic E-state index is 4.86. The number of benzene rings is 1. The molecule has 1 aromatic carbocycles. The number of guanidine groups is 1. The maximum atomic E-state index is 4.86. The first-order chi connectivity index (χ1) is 12.7. The van der Waals surface area contributed by atoms with Crippen LogP contribution in [-0.2, 0) is 12.0 Å². The fourth-order valence-corrected chi connectivity index (χ4v) is 3.31. The third-order valence-corrected chi connectivity index (χ3v) is 5.17. The highest BCUT2D eigenvalue weighted by atomic mass is 127. The molecule has 3 rings (SSSR count). The molecule has 2 N–H and O–H groups in total. The number of unbranched alkanes of at least 4 members (excludes halogenated alkanes) is 1. The highest BCUT2D eigenvalue weighted by Crippen LogP contribution is 2.48. The van der Waals surface area contributed by atoms with Crippen LogP contribution in [0.4, 0.5) is 0 Å². The van der Waals surface area contributed by atoms with E-state index in [0.717, 1.165) is 50.8 Å². The Morgan fingerprint density at radius 3 is 2.59 bits per heavy atom. The smallest absolute Gasteiger partial charge is 0.191 e. The average Bonchev–Trinajstić information content (AvgIpc) is 3.36. The van der Waals surface area contributed by atoms with E-state index in [9.17, 15) is 0 Å². The molecule has 0 amide bonds. The highest BCUT2D eigenvalue weighted by Gasteiger charge is 2.43. The van der Waals surface area contributed by atoms with Crippen molar-refractivity contribution in [3.63, 3.8) is 0 Å². The van der Waals surface area contributed by atoms with Gasteiger partial charge in [0.2, 0.25) is 0 Å². The molecular weight excluding hydrogens is 449 g/mol. The third kappa shape index (κ3) is 6.23. The van der Waals surface area contributed by atoms with Gasteiger partial charge in [-0.15, -0.1) is 24.0 Å². The Kier molecular flexibility index (Phi) is 8.60. The second-order valence-electron chi connectivity index (χ2n) is 7.14. The van der Waals surface area contributed by atoms with Gasteiger partial charge >= 0.3 is 0 Å². The second-order valence-corrected chi connectivity index (χ2v) is 7.14. The van der Waals surface area contributed by atoms with Gasteiger partial charge in [0.1, 0.15) is 5.82 Å². The predicted octanol–water partition coefficient (Wildman–Crippen LogP) is 3.88. The Morgan fingerprint density at radius 1 is 1.19 bits per heavy atom. The van der Waals surface area contributed by atoms with E-state index >= 15 is 0 Å². The van der Waals surface area contributed by atoms with E-state index in [1.807, 2.05) is 12.4 Å². The van der Waals surface area contributed by atoms with E-state index in [4.69, 9.17) is 4.99 Å². The molecule has 5 nitrogen and oxygen atoms in total. The molecule has 0 spiro atoms. The van der Waals surface area contributed by atoms with E-state index in [0.29, 0.717) is 0 Å². The lowest BCUT2D eigenvalue weighted by atomic mass is 9.96. The molecule has 148 valence electrons. The van der Waals surface area contributed by atoms with Crippen LogP contribution >= 0.6 is 24.0 Å². The van der Waals surface area contributed by atoms with Crippen molar-refractivity contribution in [2.45, 2.75) is 51.5 Å². The van der Waals surface area contributed by atoms with Crippen LogP contribution in [0.1, 0.15) is 44.0 Å². The quantitative estimate of drug-likeness (QED) is 0.248. The Labute approximate surface area is 180 Å². The van der Waals surface area contributed by atoms with Crippen molar-refractivity contribution in [1.29, 1.82) is 0 Å². The zero-order valence-corrected chi connectivity index (χ0v) is 18.8. The van der Waals surface area contributed by atoms with Crippen molar-refractivity contribution in [1.82, 2.24) is 20.2 Å². The third-order valence-electron chi connectivity index (χ3n) is 5.17. The summed E-state index contributed by atoms with van der Waals surface area (Å²) in [4.78, 5) is 9.13. The summed E-state index contributed by atoms with van der Waals surface area (Å²) in [5.74, 6) is 2.03. The van der Waals surface area contributed by atoms with E-state index < -0.39 is 0 Å². The van der Waals surface area contributed by atoms with Crippen molar-refractivity contribution >= 4 is 29.9 Å². The normalized spacial score (nSPS) is 15.1. The van der Waals surface area contributed by atoms with Crippen LogP contribution in [0.3, 0.4) is 0 Å². The number of aliphatic imine (C=N–C) groups is 1. The van der Waals surface area contributed by atoms with Gasteiger partial charge in [0.25, 0.3) is 0 Å². The van der Waals surface area contributed by atoms with Gasteiger partial charge in [0.05, 0.1) is 6.54 Å². The zero-order valence-electron chi connectivity index (χ0n) is 16.4. The number of hydrogen-bond acceptors (Lipinski definition) is 2. The van der Waals surface area contributed by atoms with Crippen LogP contribution in [0.25, 0.3) is 0 Å². The van der Waals surface area contributed by atoms with Crippen LogP contribution < -0.4 is 10.6 Å². The summed E-state index contributed by atoms with van der Waals surface area (Å²) in [6.45, 7) is 7.88. The number of nitrogens with one attached hydrogen (secondary N) is 2. The van der Waals surface area contributed by atoms with Gasteiger partial charge in [-0.25, -0.2) is 4.98 Å². The van der Waals surface area contributed by atoms with Crippen LogP contribution in [0.15, 0.2) is 47.7 Å². The number of rotatable bonds is 9. The maximum Gasteiger partial charge on any atom is 0.191 e. The minimum absolute atomic E-state index is 0. The number of nitrogens with zero attached hydrogens (tertiary/aromatic N) is 3. The minimum atomic E-state index is 0. The molecule has 0 saturated heterocycles. The summed E-state index contributed by atoms with van der Waals surface area (Å²) < 4.78 is 2.20. The lowest BCUT2D eigenvalue weighted by Gasteiger charge is -2.16. The number of halogens is 1. The summed E-state index contributed by atoms with van der Waals surface area (Å²) in [5.41, 5.74) is 1.69. The fraction of sp³-hybridized carbons (Fsp3) is 0.524. The van der Waals surface area contributed by atoms with E-state index in [1.165, 1.54) is 18.4 Å². The first kappa shape index (κ1) is 21.7. The standard InChI is InChI=1S/C21H31N5.HI/c1-3-22-20(24-13-7-8-15-26-16-14-23-18(26)2)25-17-21(11-12-21)19-9-5-4-6-10-19;/h4-6,9-10,14,16H,3,7-8,11-13,15,17H2,1-2H3,(H2,22,24,25);1H. The van der Waals surface area contributed by atoms with Gasteiger partial charge in [-0.1, -0.05) is 30.3 Å². The summed E-state index contributed by atoms with van der Waals surface area (Å²) in [7, 11) is 0. The zero-order chi connectivity index (χ0) is 18.2. The van der Waals surface area contributed by atoms with Crippen molar-refractivity contribution in [2.24, 2.45) is 4.99 Å². The Bertz CT molecular complexity index is 706. The largest absolute Gasteiger partial charge is 0.357 e. The van der Waals surface area contributed by atoms with E-state index in [-0.39, 0.29) is 29.4 Å². The second kappa shape index (κ2) is 10.7. The van der Waals surface area contributed by atoms with Crippen LogP contribution in [-0.4, -0.2) is 35.1 Å². The SMILES string of the molecule is CCNC(=NCC1(c2ccccc2)CC1)NCCCCn1ccnc1C.I. The van der Waals surface area contributed by atoms with Crippen molar-refractivity contribution < 1.29 is 0 Å². The van der Waals surface area contributed by atoms with Crippen LogP contribution in [0.2, 0.25) is 0 Å². The van der Waals surface area contributed by atoms with Gasteiger partial charge in [-0.05, 0) is 45.1 Å². The Hall–Kier alpha value is -1.57. The van der Waals surface area contributed by atoms with E-state index in [2.05, 4.69) is 64.4 Å². The number of hydrogen-bond donors (Lipinski definition) is 2. The Morgan fingerprint density at radius 2 is 1.96 bits per heavy atom. The molecule has 1 aromatic heterocycles. The lowest BCUT2D eigenvalue weighted by Crippen LogP contribution is -2.38. The molecule has 1 heterocycles. The number of aryl methyl sites for hydroxylation is 2. The molecule has 0 bridgehead atoms. The topological polar surface area (TPSA) is 54.2 Å². The number of imidazole rings is 1. The van der Waals surface area contributed by atoms with E-state index in [1.54, 1.807) is 0 Å². The molecule has 1 fully saturated rings. The lowest BCUT2D eigenvalue weighted by molar-refractivity contribution is 0.587. The molecule has 1 aliphatic rings. The van der Waals surface area contributed by atoms with Gasteiger partial charge in [-0.2, -0.15) is 0 Å². The van der Waals surface area contributed by atoms with Gasteiger partial charge in [-0.3, -0.25) is 4.99 Å². The van der Waals surface area contributed by atoms with Gasteiger partial charge in [0.15, 0.2) is 5.96 Å². The van der Waals surface area contributed by atoms with Gasteiger partial charge < -0.3 is 15.2 Å². The molecular formula is C21H32IN5. The molecule has 2 aromatic rings. The Balaban J connectivity index is 0.00000261. The number of aromatic nitrogens is 2. The molecule has 0 unspecified atom stereocenters. The van der Waals surface area contributed by atoms with Crippen molar-refractivity contribution in [2.75, 3.05) is 19.6 Å².